The van der Waals surface area contributed by atoms with Crippen molar-refractivity contribution in [2.75, 3.05) is 11.1 Å². The summed E-state index contributed by atoms with van der Waals surface area (Å²) in [7, 11) is -3.68. The van der Waals surface area contributed by atoms with E-state index in [1.54, 1.807) is 6.92 Å². The van der Waals surface area contributed by atoms with Crippen LogP contribution < -0.4 is 10.6 Å². The minimum atomic E-state index is -3.68. The average Bonchev–Trinajstić information content (AvgIpc) is 3.03. The van der Waals surface area contributed by atoms with Gasteiger partial charge in [0.25, 0.3) is 0 Å². The second kappa shape index (κ2) is 6.59. The molecule has 0 aromatic carbocycles. The Morgan fingerprint density at radius 3 is 2.73 bits per heavy atom. The fourth-order valence-electron chi connectivity index (χ4n) is 3.73. The Morgan fingerprint density at radius 2 is 2.03 bits per heavy atom. The lowest BCUT2D eigenvalue weighted by molar-refractivity contribution is 0.274. The lowest BCUT2D eigenvalue weighted by Crippen LogP contribution is -2.68. The van der Waals surface area contributed by atoms with Gasteiger partial charge in [0.05, 0.1) is 17.5 Å². The topological polar surface area (TPSA) is 121 Å². The van der Waals surface area contributed by atoms with Gasteiger partial charge in [-0.1, -0.05) is 5.16 Å². The first-order valence-electron chi connectivity index (χ1n) is 9.27. The number of sulfone groups is 1. The Balaban J connectivity index is 1.61. The second-order valence-electron chi connectivity index (χ2n) is 8.34. The minimum Gasteiger partial charge on any atom is -0.366 e. The van der Waals surface area contributed by atoms with Gasteiger partial charge in [0.2, 0.25) is 0 Å². The Hall–Kier alpha value is -2.82. The molecule has 11 heteroatoms. The van der Waals surface area contributed by atoms with Gasteiger partial charge in [0.15, 0.2) is 26.8 Å². The average molecular weight is 437 g/mol. The van der Waals surface area contributed by atoms with Crippen molar-refractivity contribution in [1.29, 1.82) is 5.41 Å². The lowest BCUT2D eigenvalue weighted by Gasteiger charge is -2.47. The fourth-order valence-corrected chi connectivity index (χ4v) is 5.52. The number of amidine groups is 1. The lowest BCUT2D eigenvalue weighted by atomic mass is 9.80. The number of pyridine rings is 1. The molecule has 30 heavy (non-hydrogen) atoms. The number of halogens is 2. The first-order chi connectivity index (χ1) is 13.9. The molecule has 2 aromatic heterocycles. The Kier molecular flexibility index (Phi) is 4.49. The third-order valence-electron chi connectivity index (χ3n) is 5.81. The molecule has 0 amide bonds. The van der Waals surface area contributed by atoms with Crippen molar-refractivity contribution in [3.05, 3.63) is 41.8 Å². The summed E-state index contributed by atoms with van der Waals surface area (Å²) in [6.45, 7) is 4.52. The molecule has 1 unspecified atom stereocenters. The third-order valence-corrected chi connectivity index (χ3v) is 8.55. The maximum Gasteiger partial charge on any atom is 0.200 e. The van der Waals surface area contributed by atoms with Crippen LogP contribution in [-0.4, -0.2) is 40.4 Å². The molecule has 3 N–H and O–H groups in total. The number of allylic oxidation sites excluding steroid dienone is 3. The molecule has 1 saturated heterocycles. The largest absolute Gasteiger partial charge is 0.366 e. The second-order valence-corrected chi connectivity index (χ2v) is 10.9. The van der Waals surface area contributed by atoms with Gasteiger partial charge < -0.3 is 15.2 Å². The van der Waals surface area contributed by atoms with E-state index in [9.17, 15) is 17.2 Å². The Labute approximate surface area is 171 Å². The number of aromatic nitrogens is 2. The van der Waals surface area contributed by atoms with Crippen molar-refractivity contribution in [2.24, 2.45) is 5.92 Å². The zero-order valence-electron chi connectivity index (χ0n) is 16.6. The summed E-state index contributed by atoms with van der Waals surface area (Å²) < 4.78 is 57.3. The molecule has 8 nitrogen and oxygen atoms in total. The van der Waals surface area contributed by atoms with E-state index in [1.165, 1.54) is 26.0 Å². The molecular weight excluding hydrogens is 416 g/mol. The number of nitrogens with one attached hydrogen (secondary N) is 3. The number of anilines is 1. The molecule has 2 aliphatic rings. The molecule has 2 atom stereocenters. The SMILES string of the molecule is CC1(C)C(=N)N[C@](C)(C2CC(Nc3noc4cc(F)cnc34)=CC=C2F)CS1(=O)=O. The van der Waals surface area contributed by atoms with E-state index >= 15 is 0 Å². The normalized spacial score (nSPS) is 27.9. The predicted octanol–water partition coefficient (Wildman–Crippen LogP) is 3.06. The van der Waals surface area contributed by atoms with Crippen molar-refractivity contribution in [2.45, 2.75) is 37.5 Å². The van der Waals surface area contributed by atoms with Gasteiger partial charge in [-0.05, 0) is 39.3 Å². The van der Waals surface area contributed by atoms with Crippen LogP contribution >= 0.6 is 0 Å². The number of nitrogens with zero attached hydrogens (tertiary/aromatic N) is 2. The monoisotopic (exact) mass is 437 g/mol. The van der Waals surface area contributed by atoms with Crippen molar-refractivity contribution < 1.29 is 21.7 Å². The maximum atomic E-state index is 14.8. The van der Waals surface area contributed by atoms with Gasteiger partial charge in [-0.2, -0.15) is 0 Å². The summed E-state index contributed by atoms with van der Waals surface area (Å²) in [5, 5.41) is 18.0. The molecule has 0 radical (unpaired) electrons. The number of rotatable bonds is 3. The summed E-state index contributed by atoms with van der Waals surface area (Å²) in [5.41, 5.74) is -0.174. The molecule has 0 saturated carbocycles. The van der Waals surface area contributed by atoms with E-state index in [2.05, 4.69) is 20.8 Å². The van der Waals surface area contributed by atoms with Crippen molar-refractivity contribution in [3.63, 3.8) is 0 Å². The minimum absolute atomic E-state index is 0.130. The van der Waals surface area contributed by atoms with E-state index < -0.39 is 37.7 Å². The van der Waals surface area contributed by atoms with E-state index in [0.717, 1.165) is 12.3 Å². The smallest absolute Gasteiger partial charge is 0.200 e. The molecule has 0 spiro atoms. The molecule has 0 bridgehead atoms. The molecule has 4 rings (SSSR count). The van der Waals surface area contributed by atoms with E-state index in [1.807, 2.05) is 0 Å². The standard InChI is InChI=1S/C19H21F2N5O3S/c1-18(2)17(22)25-19(3,9-30(18,27)28)12-7-11(4-5-13(12)21)24-16-15-14(29-26-16)6-10(20)8-23-15/h4-6,8,12H,7,9H2,1-3H3,(H2,22,25)(H,24,26)/t12?,19-/m0/s1. The van der Waals surface area contributed by atoms with Gasteiger partial charge in [0.1, 0.15) is 22.2 Å². The van der Waals surface area contributed by atoms with Crippen LogP contribution in [0, 0.1) is 17.1 Å². The summed E-state index contributed by atoms with van der Waals surface area (Å²) in [6.07, 6.45) is 3.94. The first kappa shape index (κ1) is 20.5. The fraction of sp³-hybridized carbons (Fsp3) is 0.421. The summed E-state index contributed by atoms with van der Waals surface area (Å²) in [5.74, 6) is -2.11. The highest BCUT2D eigenvalue weighted by atomic mass is 32.2. The van der Waals surface area contributed by atoms with Gasteiger partial charge >= 0.3 is 0 Å². The van der Waals surface area contributed by atoms with Crippen LogP contribution in [0.1, 0.15) is 27.2 Å². The van der Waals surface area contributed by atoms with E-state index in [4.69, 9.17) is 9.93 Å². The van der Waals surface area contributed by atoms with Crippen LogP contribution in [0.15, 0.2) is 40.5 Å². The molecule has 2 aromatic rings. The van der Waals surface area contributed by atoms with Gasteiger partial charge in [-0.3, -0.25) is 5.41 Å². The number of hydrogen-bond donors (Lipinski definition) is 3. The quantitative estimate of drug-likeness (QED) is 0.675. The summed E-state index contributed by atoms with van der Waals surface area (Å²) >= 11 is 0. The number of hydrogen-bond acceptors (Lipinski definition) is 7. The summed E-state index contributed by atoms with van der Waals surface area (Å²) in [4.78, 5) is 3.96. The Bertz CT molecular complexity index is 1220. The van der Waals surface area contributed by atoms with Crippen LogP contribution in [0.25, 0.3) is 11.1 Å². The van der Waals surface area contributed by atoms with Crippen LogP contribution in [-0.2, 0) is 9.84 Å². The molecule has 1 aliphatic carbocycles. The molecule has 1 fully saturated rings. The zero-order valence-corrected chi connectivity index (χ0v) is 17.4. The highest BCUT2D eigenvalue weighted by Gasteiger charge is 2.53. The highest BCUT2D eigenvalue weighted by molar-refractivity contribution is 7.93. The molecule has 3 heterocycles. The Morgan fingerprint density at radius 1 is 1.30 bits per heavy atom. The van der Waals surface area contributed by atoms with E-state index in [0.29, 0.717) is 11.2 Å². The van der Waals surface area contributed by atoms with Crippen LogP contribution in [0.3, 0.4) is 0 Å². The highest BCUT2D eigenvalue weighted by Crippen LogP contribution is 2.40. The van der Waals surface area contributed by atoms with Gasteiger partial charge in [-0.15, -0.1) is 0 Å². The van der Waals surface area contributed by atoms with Crippen molar-refractivity contribution >= 4 is 32.6 Å². The molecular formula is C19H21F2N5O3S. The first-order valence-corrected chi connectivity index (χ1v) is 10.9. The third kappa shape index (κ3) is 3.17. The maximum absolute atomic E-state index is 14.8. The van der Waals surface area contributed by atoms with Crippen molar-refractivity contribution in [1.82, 2.24) is 15.5 Å². The van der Waals surface area contributed by atoms with Crippen LogP contribution in [0.4, 0.5) is 14.6 Å². The zero-order chi connectivity index (χ0) is 21.9. The van der Waals surface area contributed by atoms with Crippen LogP contribution in [0.2, 0.25) is 0 Å². The summed E-state index contributed by atoms with van der Waals surface area (Å²) in [6, 6.07) is 1.16. The van der Waals surface area contributed by atoms with Gasteiger partial charge in [0, 0.05) is 17.7 Å². The van der Waals surface area contributed by atoms with Crippen molar-refractivity contribution in [3.8, 4) is 0 Å². The molecule has 160 valence electrons. The number of fused-ring (bicyclic) bond motifs is 1. The van der Waals surface area contributed by atoms with E-state index in [-0.39, 0.29) is 29.4 Å². The predicted molar refractivity (Wildman–Crippen MR) is 108 cm³/mol. The van der Waals surface area contributed by atoms with Gasteiger partial charge in [-0.25, -0.2) is 22.2 Å². The molecule has 1 aliphatic heterocycles. The van der Waals surface area contributed by atoms with Crippen LogP contribution in [0.5, 0.6) is 0 Å².